The van der Waals surface area contributed by atoms with E-state index < -0.39 is 10.0 Å². The van der Waals surface area contributed by atoms with E-state index in [1.165, 1.54) is 38.4 Å². The van der Waals surface area contributed by atoms with Gasteiger partial charge in [-0.1, -0.05) is 12.1 Å². The summed E-state index contributed by atoms with van der Waals surface area (Å²) >= 11 is 2.14. The van der Waals surface area contributed by atoms with Crippen molar-refractivity contribution >= 4 is 44.2 Å². The van der Waals surface area contributed by atoms with Gasteiger partial charge in [0.2, 0.25) is 10.0 Å². The lowest BCUT2D eigenvalue weighted by atomic mass is 10.2. The molecule has 1 amide bonds. The Labute approximate surface area is 143 Å². The predicted octanol–water partition coefficient (Wildman–Crippen LogP) is 2.79. The Kier molecular flexibility index (Phi) is 5.20. The van der Waals surface area contributed by atoms with Crippen molar-refractivity contribution < 1.29 is 13.2 Å². The van der Waals surface area contributed by atoms with E-state index in [0.29, 0.717) is 5.56 Å². The molecule has 2 aromatic carbocycles. The van der Waals surface area contributed by atoms with Crippen LogP contribution in [0.4, 0.5) is 5.69 Å². The Morgan fingerprint density at radius 3 is 2.18 bits per heavy atom. The van der Waals surface area contributed by atoms with Gasteiger partial charge in [-0.05, 0) is 59.0 Å². The van der Waals surface area contributed by atoms with Crippen LogP contribution in [0, 0.1) is 3.57 Å². The summed E-state index contributed by atoms with van der Waals surface area (Å²) in [6.07, 6.45) is 0. The van der Waals surface area contributed by atoms with E-state index in [-0.39, 0.29) is 10.8 Å². The van der Waals surface area contributed by atoms with E-state index in [1.54, 1.807) is 0 Å². The molecule has 0 bridgehead atoms. The van der Waals surface area contributed by atoms with Crippen LogP contribution < -0.4 is 5.32 Å². The highest BCUT2D eigenvalue weighted by atomic mass is 127. The summed E-state index contributed by atoms with van der Waals surface area (Å²) in [5.41, 5.74) is 1.12. The molecule has 0 aliphatic heterocycles. The smallest absolute Gasteiger partial charge is 0.255 e. The average Bonchev–Trinajstić information content (AvgIpc) is 2.49. The molecule has 0 aliphatic rings. The number of halogens is 1. The molecule has 0 aliphatic carbocycles. The van der Waals surface area contributed by atoms with Crippen molar-refractivity contribution in [3.63, 3.8) is 0 Å². The zero-order valence-corrected chi connectivity index (χ0v) is 15.1. The van der Waals surface area contributed by atoms with Crippen LogP contribution in [0.1, 0.15) is 10.4 Å². The Balaban J connectivity index is 2.21. The van der Waals surface area contributed by atoms with Crippen molar-refractivity contribution in [3.8, 4) is 0 Å². The zero-order chi connectivity index (χ0) is 16.3. The van der Waals surface area contributed by atoms with Crippen molar-refractivity contribution in [2.45, 2.75) is 4.90 Å². The summed E-state index contributed by atoms with van der Waals surface area (Å²) in [7, 11) is -0.553. The summed E-state index contributed by atoms with van der Waals surface area (Å²) in [5.74, 6) is -0.280. The minimum atomic E-state index is -3.48. The largest absolute Gasteiger partial charge is 0.321 e. The van der Waals surface area contributed by atoms with Crippen molar-refractivity contribution in [3.05, 3.63) is 57.7 Å². The van der Waals surface area contributed by atoms with Crippen LogP contribution in [0.5, 0.6) is 0 Å². The van der Waals surface area contributed by atoms with Gasteiger partial charge >= 0.3 is 0 Å². The van der Waals surface area contributed by atoms with Gasteiger partial charge in [-0.3, -0.25) is 4.79 Å². The third-order valence-corrected chi connectivity index (χ3v) is 5.79. The molecule has 0 aromatic heterocycles. The number of sulfonamides is 1. The van der Waals surface area contributed by atoms with Gasteiger partial charge in [0.05, 0.1) is 10.6 Å². The van der Waals surface area contributed by atoms with Crippen molar-refractivity contribution in [1.82, 2.24) is 4.31 Å². The van der Waals surface area contributed by atoms with Crippen LogP contribution in [0.2, 0.25) is 0 Å². The molecule has 0 heterocycles. The van der Waals surface area contributed by atoms with Gasteiger partial charge in [-0.2, -0.15) is 0 Å². The minimum Gasteiger partial charge on any atom is -0.321 e. The van der Waals surface area contributed by atoms with Crippen LogP contribution in [-0.2, 0) is 10.0 Å². The first-order valence-electron chi connectivity index (χ1n) is 6.41. The van der Waals surface area contributed by atoms with Gasteiger partial charge in [0, 0.05) is 23.2 Å². The van der Waals surface area contributed by atoms with E-state index in [9.17, 15) is 13.2 Å². The molecular weight excluding hydrogens is 415 g/mol. The van der Waals surface area contributed by atoms with Crippen LogP contribution in [-0.4, -0.2) is 32.7 Å². The number of nitrogens with one attached hydrogen (secondary N) is 1. The third-order valence-electron chi connectivity index (χ3n) is 3.02. The summed E-state index contributed by atoms with van der Waals surface area (Å²) in [6, 6.07) is 13.3. The molecule has 0 atom stereocenters. The Morgan fingerprint density at radius 1 is 1.05 bits per heavy atom. The van der Waals surface area contributed by atoms with Gasteiger partial charge in [0.15, 0.2) is 0 Å². The maximum Gasteiger partial charge on any atom is 0.255 e. The molecule has 116 valence electrons. The second-order valence-corrected chi connectivity index (χ2v) is 8.06. The van der Waals surface area contributed by atoms with Crippen LogP contribution in [0.3, 0.4) is 0 Å². The van der Waals surface area contributed by atoms with Crippen LogP contribution in [0.25, 0.3) is 0 Å². The molecule has 22 heavy (non-hydrogen) atoms. The molecule has 0 fully saturated rings. The second kappa shape index (κ2) is 6.76. The highest BCUT2D eigenvalue weighted by Crippen LogP contribution is 2.19. The summed E-state index contributed by atoms with van der Waals surface area (Å²) in [5, 5.41) is 2.80. The van der Waals surface area contributed by atoms with Crippen molar-refractivity contribution in [2.24, 2.45) is 0 Å². The highest BCUT2D eigenvalue weighted by Gasteiger charge is 2.17. The third kappa shape index (κ3) is 3.65. The van der Waals surface area contributed by atoms with E-state index in [4.69, 9.17) is 0 Å². The number of carbonyl (C=O) groups is 1. The number of hydrogen-bond donors (Lipinski definition) is 1. The number of rotatable bonds is 4. The van der Waals surface area contributed by atoms with Crippen molar-refractivity contribution in [2.75, 3.05) is 19.4 Å². The summed E-state index contributed by atoms with van der Waals surface area (Å²) < 4.78 is 26.0. The van der Waals surface area contributed by atoms with Gasteiger partial charge in [-0.25, -0.2) is 12.7 Å². The first-order chi connectivity index (χ1) is 10.3. The fraction of sp³-hybridized carbons (Fsp3) is 0.133. The van der Waals surface area contributed by atoms with E-state index >= 15 is 0 Å². The minimum absolute atomic E-state index is 0.156. The maximum atomic E-state index is 12.2. The molecule has 0 unspecified atom stereocenters. The standard InChI is InChI=1S/C15H15IN2O3S/c1-18(2)22(20,21)12-9-7-11(8-10-12)15(19)17-14-6-4-3-5-13(14)16/h3-10H,1-2H3,(H,17,19). The Morgan fingerprint density at radius 2 is 1.64 bits per heavy atom. The number of benzene rings is 2. The van der Waals surface area contributed by atoms with Crippen LogP contribution >= 0.6 is 22.6 Å². The zero-order valence-electron chi connectivity index (χ0n) is 12.1. The SMILES string of the molecule is CN(C)S(=O)(=O)c1ccc(C(=O)Nc2ccccc2I)cc1. The lowest BCUT2D eigenvalue weighted by Crippen LogP contribution is -2.22. The van der Waals surface area contributed by atoms with Gasteiger partial charge < -0.3 is 5.32 Å². The molecule has 0 radical (unpaired) electrons. The molecule has 2 aromatic rings. The van der Waals surface area contributed by atoms with E-state index in [0.717, 1.165) is 13.6 Å². The Hall–Kier alpha value is -1.45. The normalized spacial score (nSPS) is 11.5. The number of para-hydroxylation sites is 1. The molecular formula is C15H15IN2O3S. The Bertz CT molecular complexity index is 787. The number of carbonyl (C=O) groups excluding carboxylic acids is 1. The quantitative estimate of drug-likeness (QED) is 0.759. The van der Waals surface area contributed by atoms with Crippen LogP contribution in [0.15, 0.2) is 53.4 Å². The first-order valence-corrected chi connectivity index (χ1v) is 8.93. The first kappa shape index (κ1) is 16.9. The molecule has 5 nitrogen and oxygen atoms in total. The lowest BCUT2D eigenvalue weighted by Gasteiger charge is -2.12. The lowest BCUT2D eigenvalue weighted by molar-refractivity contribution is 0.102. The molecule has 0 saturated heterocycles. The number of hydrogen-bond acceptors (Lipinski definition) is 3. The fourth-order valence-electron chi connectivity index (χ4n) is 1.75. The molecule has 0 saturated carbocycles. The number of nitrogens with zero attached hydrogens (tertiary/aromatic N) is 1. The average molecular weight is 430 g/mol. The summed E-state index contributed by atoms with van der Waals surface area (Å²) in [6.45, 7) is 0. The number of anilines is 1. The second-order valence-electron chi connectivity index (χ2n) is 4.75. The van der Waals surface area contributed by atoms with Gasteiger partial charge in [0.25, 0.3) is 5.91 Å². The monoisotopic (exact) mass is 430 g/mol. The van der Waals surface area contributed by atoms with Gasteiger partial charge in [0.1, 0.15) is 0 Å². The number of amides is 1. The fourth-order valence-corrected chi connectivity index (χ4v) is 3.17. The molecule has 0 spiro atoms. The molecule has 7 heteroatoms. The van der Waals surface area contributed by atoms with E-state index in [1.807, 2.05) is 24.3 Å². The maximum absolute atomic E-state index is 12.2. The predicted molar refractivity (Wildman–Crippen MR) is 94.4 cm³/mol. The molecule has 2 rings (SSSR count). The topological polar surface area (TPSA) is 66.5 Å². The highest BCUT2D eigenvalue weighted by molar-refractivity contribution is 14.1. The molecule has 1 N–H and O–H groups in total. The van der Waals surface area contributed by atoms with E-state index in [2.05, 4.69) is 27.9 Å². The van der Waals surface area contributed by atoms with Gasteiger partial charge in [-0.15, -0.1) is 0 Å². The summed E-state index contributed by atoms with van der Waals surface area (Å²) in [4.78, 5) is 12.3. The van der Waals surface area contributed by atoms with Crippen molar-refractivity contribution in [1.29, 1.82) is 0 Å².